The Bertz CT molecular complexity index is 393. The van der Waals surface area contributed by atoms with E-state index in [-0.39, 0.29) is 11.3 Å². The fraction of sp³-hybridized carbons (Fsp3) is 0.462. The predicted octanol–water partition coefficient (Wildman–Crippen LogP) is 1.64. The third kappa shape index (κ3) is 4.25. The second kappa shape index (κ2) is 7.55. The number of nitrogens with one attached hydrogen (secondary N) is 1. The number of aromatic hydroxyl groups is 2. The van der Waals surface area contributed by atoms with E-state index >= 15 is 0 Å². The molecule has 0 heterocycles. The van der Waals surface area contributed by atoms with Gasteiger partial charge in [0, 0.05) is 19.8 Å². The van der Waals surface area contributed by atoms with Crippen molar-refractivity contribution in [3.8, 4) is 11.5 Å². The Morgan fingerprint density at radius 2 is 2.11 bits per heavy atom. The van der Waals surface area contributed by atoms with Gasteiger partial charge in [-0.25, -0.2) is 0 Å². The lowest BCUT2D eigenvalue weighted by Gasteiger charge is -2.07. The molecule has 1 aromatic carbocycles. The highest BCUT2D eigenvalue weighted by molar-refractivity contribution is 5.97. The van der Waals surface area contributed by atoms with Crippen LogP contribution in [0.1, 0.15) is 30.1 Å². The summed E-state index contributed by atoms with van der Waals surface area (Å²) in [6, 6.07) is 4.29. The molecule has 0 saturated carbocycles. The number of phenols is 2. The van der Waals surface area contributed by atoms with Gasteiger partial charge in [-0.05, 0) is 25.0 Å². The summed E-state index contributed by atoms with van der Waals surface area (Å²) in [5.74, 6) is -1.09. The number of carbonyl (C=O) groups excluding carboxylic acids is 1. The number of carbonyl (C=O) groups is 1. The van der Waals surface area contributed by atoms with Crippen molar-refractivity contribution in [1.82, 2.24) is 5.32 Å². The second-order valence-corrected chi connectivity index (χ2v) is 3.90. The molecule has 0 spiro atoms. The molecule has 1 amide bonds. The third-order valence-corrected chi connectivity index (χ3v) is 2.36. The van der Waals surface area contributed by atoms with E-state index in [9.17, 15) is 15.0 Å². The van der Waals surface area contributed by atoms with E-state index in [1.807, 2.05) is 6.92 Å². The molecule has 0 unspecified atom stereocenters. The van der Waals surface area contributed by atoms with E-state index in [2.05, 4.69) is 5.32 Å². The maximum absolute atomic E-state index is 11.7. The third-order valence-electron chi connectivity index (χ3n) is 2.36. The van der Waals surface area contributed by atoms with E-state index < -0.39 is 11.7 Å². The fourth-order valence-corrected chi connectivity index (χ4v) is 1.43. The molecule has 0 aromatic heterocycles. The Labute approximate surface area is 106 Å². The van der Waals surface area contributed by atoms with Crippen LogP contribution in [-0.2, 0) is 4.74 Å². The minimum Gasteiger partial charge on any atom is -0.504 e. The standard InChI is InChI=1S/C13H19NO4/c1-2-8-18-9-4-7-14-13(17)10-5-3-6-11(15)12(10)16/h3,5-6,15-16H,2,4,7-9H2,1H3,(H,14,17). The quantitative estimate of drug-likeness (QED) is 0.510. The number of rotatable bonds is 7. The summed E-state index contributed by atoms with van der Waals surface area (Å²) in [4.78, 5) is 11.7. The first-order valence-electron chi connectivity index (χ1n) is 6.03. The van der Waals surface area contributed by atoms with E-state index in [0.29, 0.717) is 19.6 Å². The maximum atomic E-state index is 11.7. The van der Waals surface area contributed by atoms with Gasteiger partial charge >= 0.3 is 0 Å². The number of amides is 1. The maximum Gasteiger partial charge on any atom is 0.255 e. The summed E-state index contributed by atoms with van der Waals surface area (Å²) in [6.07, 6.45) is 1.69. The summed E-state index contributed by atoms with van der Waals surface area (Å²) in [5.41, 5.74) is 0.0736. The van der Waals surface area contributed by atoms with Gasteiger partial charge < -0.3 is 20.3 Å². The zero-order valence-corrected chi connectivity index (χ0v) is 10.5. The molecular weight excluding hydrogens is 234 g/mol. The monoisotopic (exact) mass is 253 g/mol. The number of hydrogen-bond donors (Lipinski definition) is 3. The van der Waals surface area contributed by atoms with Crippen molar-refractivity contribution in [1.29, 1.82) is 0 Å². The van der Waals surface area contributed by atoms with E-state index in [4.69, 9.17) is 4.74 Å². The Kier molecular flexibility index (Phi) is 6.00. The lowest BCUT2D eigenvalue weighted by atomic mass is 10.1. The van der Waals surface area contributed by atoms with Gasteiger partial charge in [0.05, 0.1) is 5.56 Å². The van der Waals surface area contributed by atoms with Gasteiger partial charge in [-0.15, -0.1) is 0 Å². The van der Waals surface area contributed by atoms with Gasteiger partial charge in [0.15, 0.2) is 11.5 Å². The molecule has 18 heavy (non-hydrogen) atoms. The second-order valence-electron chi connectivity index (χ2n) is 3.90. The van der Waals surface area contributed by atoms with Gasteiger partial charge in [-0.3, -0.25) is 4.79 Å². The Balaban J connectivity index is 2.35. The van der Waals surface area contributed by atoms with E-state index in [1.54, 1.807) is 0 Å². The number of phenolic OH excluding ortho intramolecular Hbond substituents is 2. The van der Waals surface area contributed by atoms with Crippen LogP contribution in [0.5, 0.6) is 11.5 Å². The highest BCUT2D eigenvalue weighted by atomic mass is 16.5. The average molecular weight is 253 g/mol. The van der Waals surface area contributed by atoms with Crippen molar-refractivity contribution in [3.05, 3.63) is 23.8 Å². The van der Waals surface area contributed by atoms with Crippen LogP contribution in [0, 0.1) is 0 Å². The molecule has 5 heteroatoms. The van der Waals surface area contributed by atoms with Gasteiger partial charge in [-0.2, -0.15) is 0 Å². The van der Waals surface area contributed by atoms with Gasteiger partial charge in [0.25, 0.3) is 5.91 Å². The zero-order chi connectivity index (χ0) is 13.4. The highest BCUT2D eigenvalue weighted by Crippen LogP contribution is 2.27. The Morgan fingerprint density at radius 3 is 2.83 bits per heavy atom. The topological polar surface area (TPSA) is 78.8 Å². The summed E-state index contributed by atoms with van der Waals surface area (Å²) in [5, 5.41) is 21.4. The van der Waals surface area contributed by atoms with Crippen molar-refractivity contribution in [3.63, 3.8) is 0 Å². The summed E-state index contributed by atoms with van der Waals surface area (Å²) in [6.45, 7) is 3.82. The summed E-state index contributed by atoms with van der Waals surface area (Å²) in [7, 11) is 0. The number of hydrogen-bond acceptors (Lipinski definition) is 4. The molecule has 0 aliphatic heterocycles. The zero-order valence-electron chi connectivity index (χ0n) is 10.5. The van der Waals surface area contributed by atoms with Crippen LogP contribution in [0.3, 0.4) is 0 Å². The normalized spacial score (nSPS) is 10.3. The van der Waals surface area contributed by atoms with Gasteiger partial charge in [-0.1, -0.05) is 13.0 Å². The van der Waals surface area contributed by atoms with Gasteiger partial charge in [0.2, 0.25) is 0 Å². The molecule has 0 aliphatic carbocycles. The first-order valence-corrected chi connectivity index (χ1v) is 6.03. The summed E-state index contributed by atoms with van der Waals surface area (Å²) >= 11 is 0. The number of ether oxygens (including phenoxy) is 1. The van der Waals surface area contributed by atoms with Crippen LogP contribution in [0.15, 0.2) is 18.2 Å². The van der Waals surface area contributed by atoms with E-state index in [0.717, 1.165) is 13.0 Å². The van der Waals surface area contributed by atoms with Crippen LogP contribution < -0.4 is 5.32 Å². The Morgan fingerprint density at radius 1 is 1.33 bits per heavy atom. The Hall–Kier alpha value is -1.75. The average Bonchev–Trinajstić information content (AvgIpc) is 2.36. The molecular formula is C13H19NO4. The lowest BCUT2D eigenvalue weighted by molar-refractivity contribution is 0.0938. The SMILES string of the molecule is CCCOCCCNC(=O)c1cccc(O)c1O. The number of para-hydroxylation sites is 1. The fourth-order valence-electron chi connectivity index (χ4n) is 1.43. The molecule has 1 aromatic rings. The number of benzene rings is 1. The van der Waals surface area contributed by atoms with Crippen molar-refractivity contribution in [2.24, 2.45) is 0 Å². The molecule has 1 rings (SSSR count). The van der Waals surface area contributed by atoms with Crippen LogP contribution >= 0.6 is 0 Å². The van der Waals surface area contributed by atoms with Crippen LogP contribution in [0.2, 0.25) is 0 Å². The van der Waals surface area contributed by atoms with Crippen molar-refractivity contribution < 1.29 is 19.7 Å². The molecule has 3 N–H and O–H groups in total. The molecule has 100 valence electrons. The molecule has 5 nitrogen and oxygen atoms in total. The summed E-state index contributed by atoms with van der Waals surface area (Å²) < 4.78 is 5.27. The molecule has 0 bridgehead atoms. The minimum atomic E-state index is -0.404. The molecule has 0 radical (unpaired) electrons. The largest absolute Gasteiger partial charge is 0.504 e. The first-order chi connectivity index (χ1) is 8.66. The molecule has 0 saturated heterocycles. The van der Waals surface area contributed by atoms with Crippen molar-refractivity contribution >= 4 is 5.91 Å². The molecule has 0 atom stereocenters. The van der Waals surface area contributed by atoms with Crippen molar-refractivity contribution in [2.75, 3.05) is 19.8 Å². The van der Waals surface area contributed by atoms with Crippen LogP contribution in [0.25, 0.3) is 0 Å². The molecule has 0 aliphatic rings. The van der Waals surface area contributed by atoms with Crippen molar-refractivity contribution in [2.45, 2.75) is 19.8 Å². The van der Waals surface area contributed by atoms with Gasteiger partial charge in [0.1, 0.15) is 0 Å². The van der Waals surface area contributed by atoms with E-state index in [1.165, 1.54) is 18.2 Å². The minimum absolute atomic E-state index is 0.0736. The molecule has 0 fully saturated rings. The highest BCUT2D eigenvalue weighted by Gasteiger charge is 2.12. The first kappa shape index (κ1) is 14.3. The van der Waals surface area contributed by atoms with Crippen LogP contribution in [0.4, 0.5) is 0 Å². The lowest BCUT2D eigenvalue weighted by Crippen LogP contribution is -2.25. The predicted molar refractivity (Wildman–Crippen MR) is 67.8 cm³/mol. The van der Waals surface area contributed by atoms with Crippen LogP contribution in [-0.4, -0.2) is 35.9 Å². The smallest absolute Gasteiger partial charge is 0.255 e.